The molecule has 2 heterocycles. The lowest BCUT2D eigenvalue weighted by molar-refractivity contribution is 1.09. The molecule has 0 saturated carbocycles. The van der Waals surface area contributed by atoms with Gasteiger partial charge in [0.1, 0.15) is 0 Å². The van der Waals surface area contributed by atoms with Crippen molar-refractivity contribution in [3.8, 4) is 0 Å². The molecule has 0 saturated heterocycles. The molecule has 0 atom stereocenters. The molecule has 96 valence electrons. The van der Waals surface area contributed by atoms with Crippen LogP contribution < -0.4 is 4.90 Å². The van der Waals surface area contributed by atoms with Gasteiger partial charge in [-0.25, -0.2) is 0 Å². The summed E-state index contributed by atoms with van der Waals surface area (Å²) >= 11 is 0. The fourth-order valence-electron chi connectivity index (χ4n) is 2.78. The number of para-hydroxylation sites is 1. The van der Waals surface area contributed by atoms with E-state index in [2.05, 4.69) is 64.5 Å². The number of rotatable bonds is 1. The number of fused-ring (bicyclic) bond motifs is 3. The van der Waals surface area contributed by atoms with E-state index in [1.807, 2.05) is 18.3 Å². The van der Waals surface area contributed by atoms with Crippen LogP contribution in [-0.2, 0) is 0 Å². The molecule has 0 bridgehead atoms. The van der Waals surface area contributed by atoms with Crippen molar-refractivity contribution < 1.29 is 0 Å². The molecule has 0 amide bonds. The van der Waals surface area contributed by atoms with E-state index >= 15 is 0 Å². The summed E-state index contributed by atoms with van der Waals surface area (Å²) in [5.74, 6) is 0. The van der Waals surface area contributed by atoms with Crippen LogP contribution in [0.15, 0.2) is 66.9 Å². The molecule has 0 spiro atoms. The average Bonchev–Trinajstić information content (AvgIpc) is 2.55. The van der Waals surface area contributed by atoms with Gasteiger partial charge < -0.3 is 4.90 Å². The largest absolute Gasteiger partial charge is 0.335 e. The Bertz CT molecular complexity index is 791. The van der Waals surface area contributed by atoms with Crippen LogP contribution in [0.3, 0.4) is 0 Å². The van der Waals surface area contributed by atoms with Gasteiger partial charge in [0.2, 0.25) is 0 Å². The molecule has 0 fully saturated rings. The molecule has 2 nitrogen and oxygen atoms in total. The molecule has 0 N–H and O–H groups in total. The highest BCUT2D eigenvalue weighted by Crippen LogP contribution is 2.37. The third kappa shape index (κ3) is 1.69. The van der Waals surface area contributed by atoms with Gasteiger partial charge >= 0.3 is 0 Å². The minimum absolute atomic E-state index is 0.882. The zero-order valence-electron chi connectivity index (χ0n) is 11.0. The molecule has 1 aliphatic heterocycles. The molecule has 0 unspecified atom stereocenters. The van der Waals surface area contributed by atoms with E-state index in [0.717, 1.165) is 12.1 Å². The maximum atomic E-state index is 4.59. The van der Waals surface area contributed by atoms with E-state index in [-0.39, 0.29) is 0 Å². The zero-order valence-corrected chi connectivity index (χ0v) is 11.0. The van der Waals surface area contributed by atoms with Crippen LogP contribution in [0.2, 0.25) is 0 Å². The lowest BCUT2D eigenvalue weighted by atomic mass is 10.0. The monoisotopic (exact) mass is 258 g/mol. The molecule has 1 aliphatic rings. The summed E-state index contributed by atoms with van der Waals surface area (Å²) in [5, 5.41) is 1.18. The summed E-state index contributed by atoms with van der Waals surface area (Å²) in [4.78, 5) is 6.92. The van der Waals surface area contributed by atoms with Crippen molar-refractivity contribution in [3.05, 3.63) is 72.4 Å². The first-order valence-corrected chi connectivity index (χ1v) is 6.80. The summed E-state index contributed by atoms with van der Waals surface area (Å²) in [7, 11) is 0. The van der Waals surface area contributed by atoms with Crippen LogP contribution in [0, 0.1) is 0 Å². The summed E-state index contributed by atoms with van der Waals surface area (Å²) in [6.45, 7) is 0.882. The second-order valence-electron chi connectivity index (χ2n) is 4.93. The Morgan fingerprint density at radius 3 is 2.70 bits per heavy atom. The van der Waals surface area contributed by atoms with Gasteiger partial charge in [-0.15, -0.1) is 0 Å². The van der Waals surface area contributed by atoms with E-state index in [4.69, 9.17) is 0 Å². The minimum atomic E-state index is 0.882. The standard InChI is InChI=1S/C18H14N2/c1-2-8-16(9-3-1)20-13-5-7-15-11-10-14-6-4-12-19-17(14)18(15)20/h1-12H,13H2. The van der Waals surface area contributed by atoms with E-state index in [1.54, 1.807) is 0 Å². The second kappa shape index (κ2) is 4.49. The summed E-state index contributed by atoms with van der Waals surface area (Å²) in [5.41, 5.74) is 4.71. The zero-order chi connectivity index (χ0) is 13.4. The van der Waals surface area contributed by atoms with E-state index in [9.17, 15) is 0 Å². The highest BCUT2D eigenvalue weighted by atomic mass is 15.1. The maximum Gasteiger partial charge on any atom is 0.0945 e. The van der Waals surface area contributed by atoms with Gasteiger partial charge in [-0.05, 0) is 18.2 Å². The fourth-order valence-corrected chi connectivity index (χ4v) is 2.78. The Morgan fingerprint density at radius 2 is 1.80 bits per heavy atom. The number of anilines is 2. The second-order valence-corrected chi connectivity index (χ2v) is 4.93. The first-order chi connectivity index (χ1) is 9.93. The van der Waals surface area contributed by atoms with E-state index < -0.39 is 0 Å². The van der Waals surface area contributed by atoms with Crippen molar-refractivity contribution in [3.63, 3.8) is 0 Å². The average molecular weight is 258 g/mol. The fraction of sp³-hybridized carbons (Fsp3) is 0.0556. The molecule has 4 rings (SSSR count). The Morgan fingerprint density at radius 1 is 0.900 bits per heavy atom. The topological polar surface area (TPSA) is 16.1 Å². The molecule has 1 aromatic heterocycles. The first-order valence-electron chi connectivity index (χ1n) is 6.80. The van der Waals surface area contributed by atoms with Crippen molar-refractivity contribution in [2.24, 2.45) is 0 Å². The minimum Gasteiger partial charge on any atom is -0.335 e. The SMILES string of the molecule is C1=Cc2ccc3cccnc3c2N(c2ccccc2)C1. The third-order valence-corrected chi connectivity index (χ3v) is 3.70. The van der Waals surface area contributed by atoms with Crippen molar-refractivity contribution in [1.29, 1.82) is 0 Å². The van der Waals surface area contributed by atoms with Crippen LogP contribution in [-0.4, -0.2) is 11.5 Å². The molecular formula is C18H14N2. The molecule has 20 heavy (non-hydrogen) atoms. The lowest BCUT2D eigenvalue weighted by Gasteiger charge is -2.29. The Labute approximate surface area is 118 Å². The molecular weight excluding hydrogens is 244 g/mol. The molecule has 0 aliphatic carbocycles. The number of pyridine rings is 1. The van der Waals surface area contributed by atoms with Crippen molar-refractivity contribution in [1.82, 2.24) is 4.98 Å². The normalized spacial score (nSPS) is 13.5. The van der Waals surface area contributed by atoms with Crippen LogP contribution in [0.4, 0.5) is 11.4 Å². The maximum absolute atomic E-state index is 4.59. The van der Waals surface area contributed by atoms with Gasteiger partial charge in [-0.2, -0.15) is 0 Å². The lowest BCUT2D eigenvalue weighted by Crippen LogP contribution is -2.20. The van der Waals surface area contributed by atoms with Crippen LogP contribution in [0.1, 0.15) is 5.56 Å². The number of hydrogen-bond donors (Lipinski definition) is 0. The van der Waals surface area contributed by atoms with Crippen molar-refractivity contribution in [2.45, 2.75) is 0 Å². The summed E-state index contributed by atoms with van der Waals surface area (Å²) < 4.78 is 0. The highest BCUT2D eigenvalue weighted by Gasteiger charge is 2.18. The summed E-state index contributed by atoms with van der Waals surface area (Å²) in [6.07, 6.45) is 6.25. The number of hydrogen-bond acceptors (Lipinski definition) is 2. The molecule has 2 heteroatoms. The van der Waals surface area contributed by atoms with Crippen molar-refractivity contribution >= 4 is 28.4 Å². The van der Waals surface area contributed by atoms with Gasteiger partial charge in [-0.3, -0.25) is 4.98 Å². The molecule has 3 aromatic rings. The Hall–Kier alpha value is -2.61. The predicted molar refractivity (Wildman–Crippen MR) is 84.2 cm³/mol. The van der Waals surface area contributed by atoms with Gasteiger partial charge in [-0.1, -0.05) is 48.6 Å². The van der Waals surface area contributed by atoms with Gasteiger partial charge in [0.15, 0.2) is 0 Å². The molecule has 2 aromatic carbocycles. The van der Waals surface area contributed by atoms with Crippen LogP contribution in [0.5, 0.6) is 0 Å². The van der Waals surface area contributed by atoms with Crippen LogP contribution in [0.25, 0.3) is 17.0 Å². The number of aromatic nitrogens is 1. The first kappa shape index (κ1) is 11.2. The Kier molecular flexibility index (Phi) is 2.52. The number of benzene rings is 2. The van der Waals surface area contributed by atoms with E-state index in [0.29, 0.717) is 0 Å². The smallest absolute Gasteiger partial charge is 0.0945 e. The number of nitrogens with zero attached hydrogens (tertiary/aromatic N) is 2. The van der Waals surface area contributed by atoms with Gasteiger partial charge in [0.05, 0.1) is 11.2 Å². The third-order valence-electron chi connectivity index (χ3n) is 3.70. The van der Waals surface area contributed by atoms with Gasteiger partial charge in [0, 0.05) is 29.4 Å². The quantitative estimate of drug-likeness (QED) is 0.643. The van der Waals surface area contributed by atoms with Crippen LogP contribution >= 0.6 is 0 Å². The highest BCUT2D eigenvalue weighted by molar-refractivity contribution is 5.98. The predicted octanol–water partition coefficient (Wildman–Crippen LogP) is 4.40. The van der Waals surface area contributed by atoms with E-state index in [1.165, 1.54) is 22.3 Å². The van der Waals surface area contributed by atoms with Crippen molar-refractivity contribution in [2.75, 3.05) is 11.4 Å². The summed E-state index contributed by atoms with van der Waals surface area (Å²) in [6, 6.07) is 18.9. The van der Waals surface area contributed by atoms with Gasteiger partial charge in [0.25, 0.3) is 0 Å². The Balaban J connectivity index is 2.00. The molecule has 0 radical (unpaired) electrons.